The second-order valence-electron chi connectivity index (χ2n) is 15.8. The molecule has 5 heterocycles. The van der Waals surface area contributed by atoms with Crippen LogP contribution in [0.3, 0.4) is 0 Å². The van der Waals surface area contributed by atoms with Crippen molar-refractivity contribution in [2.45, 2.75) is 92.9 Å². The molecule has 60 heavy (non-hydrogen) atoms. The maximum absolute atomic E-state index is 14.1. The first-order valence-electron chi connectivity index (χ1n) is 21.0. The smallest absolute Gasteiger partial charge is 0.334 e. The molecule has 2 aliphatic carbocycles. The van der Waals surface area contributed by atoms with Crippen LogP contribution in [0.2, 0.25) is 0 Å². The quantitative estimate of drug-likeness (QED) is 0.151. The van der Waals surface area contributed by atoms with Gasteiger partial charge in [0, 0.05) is 22.1 Å². The summed E-state index contributed by atoms with van der Waals surface area (Å²) in [6.07, 6.45) is 8.40. The topological polar surface area (TPSA) is 163 Å². The Morgan fingerprint density at radius 2 is 0.917 bits per heavy atom. The summed E-state index contributed by atoms with van der Waals surface area (Å²) in [6, 6.07) is 7.92. The maximum Gasteiger partial charge on any atom is 0.334 e. The van der Waals surface area contributed by atoms with Crippen LogP contribution in [0.5, 0.6) is 0 Å². The van der Waals surface area contributed by atoms with E-state index in [2.05, 4.69) is 23.8 Å². The third-order valence-electron chi connectivity index (χ3n) is 12.7. The largest absolute Gasteiger partial charge is 0.465 e. The van der Waals surface area contributed by atoms with Crippen molar-refractivity contribution in [1.29, 1.82) is 0 Å². The lowest BCUT2D eigenvalue weighted by Crippen LogP contribution is -2.42. The molecule has 2 aliphatic heterocycles. The van der Waals surface area contributed by atoms with Gasteiger partial charge >= 0.3 is 23.9 Å². The number of aryl methyl sites for hydroxylation is 4. The van der Waals surface area contributed by atoms with E-state index in [0.29, 0.717) is 35.6 Å². The van der Waals surface area contributed by atoms with Crippen molar-refractivity contribution in [3.8, 4) is 0 Å². The molecule has 0 saturated carbocycles. The second-order valence-corrected chi connectivity index (χ2v) is 15.8. The molecule has 12 nitrogen and oxygen atoms in total. The fourth-order valence-corrected chi connectivity index (χ4v) is 9.62. The molecule has 0 radical (unpaired) electrons. The van der Waals surface area contributed by atoms with E-state index in [0.717, 1.165) is 55.5 Å². The number of carbonyl (C=O) groups excluding carboxylic acids is 4. The Morgan fingerprint density at radius 1 is 0.550 bits per heavy atom. The fraction of sp³-hybridized carbons (Fsp3) is 0.417. The number of rotatable bonds is 10. The SMILES string of the molecule is CCOC(=O)C1=CC=C2c3cc4[nH]c(cc5nc(cc6[nH]c(cc(n3)C2(C)C1C(=O)OCC)c(CC)c6C)C1=CC=C(C(=O)OCC)C(C(=O)OCC)C15C)c(CC)c4C. The molecule has 3 aromatic rings. The van der Waals surface area contributed by atoms with Gasteiger partial charge < -0.3 is 28.9 Å². The molecule has 12 heteroatoms. The first-order valence-corrected chi connectivity index (χ1v) is 21.0. The average Bonchev–Trinajstić information content (AvgIpc) is 3.86. The third-order valence-corrected chi connectivity index (χ3v) is 12.7. The Hall–Kier alpha value is -6.04. The highest BCUT2D eigenvalue weighted by molar-refractivity contribution is 6.03. The molecule has 4 atom stereocenters. The van der Waals surface area contributed by atoms with E-state index in [1.165, 1.54) is 0 Å². The summed E-state index contributed by atoms with van der Waals surface area (Å²) < 4.78 is 22.3. The van der Waals surface area contributed by atoms with Crippen LogP contribution < -0.4 is 0 Å². The van der Waals surface area contributed by atoms with Crippen LogP contribution in [-0.4, -0.2) is 70.2 Å². The molecule has 0 aromatic carbocycles. The summed E-state index contributed by atoms with van der Waals surface area (Å²) in [4.78, 5) is 73.2. The Morgan fingerprint density at radius 3 is 1.25 bits per heavy atom. The van der Waals surface area contributed by atoms with Crippen molar-refractivity contribution < 1.29 is 38.1 Å². The number of hydrogen-bond donors (Lipinski definition) is 2. The van der Waals surface area contributed by atoms with E-state index in [4.69, 9.17) is 28.9 Å². The molecule has 7 rings (SSSR count). The fourth-order valence-electron chi connectivity index (χ4n) is 9.62. The molecule has 0 saturated heterocycles. The number of fused-ring (bicyclic) bond motifs is 14. The lowest BCUT2D eigenvalue weighted by molar-refractivity contribution is -0.151. The monoisotopic (exact) mass is 814 g/mol. The van der Waals surface area contributed by atoms with E-state index in [1.54, 1.807) is 39.8 Å². The third kappa shape index (κ3) is 6.51. The Bertz CT molecular complexity index is 2440. The number of H-pyrrole nitrogens is 2. The Kier molecular flexibility index (Phi) is 11.4. The summed E-state index contributed by atoms with van der Waals surface area (Å²) in [5.41, 5.74) is 9.33. The molecule has 314 valence electrons. The van der Waals surface area contributed by atoms with Crippen molar-refractivity contribution in [2.75, 3.05) is 26.4 Å². The van der Waals surface area contributed by atoms with Gasteiger partial charge in [0.2, 0.25) is 0 Å². The van der Waals surface area contributed by atoms with Gasteiger partial charge in [0.1, 0.15) is 11.8 Å². The number of aromatic amines is 2. The number of carbonyl (C=O) groups is 4. The molecule has 0 amide bonds. The van der Waals surface area contributed by atoms with Crippen LogP contribution in [0.25, 0.3) is 33.2 Å². The predicted octanol–water partition coefficient (Wildman–Crippen LogP) is 8.10. The van der Waals surface area contributed by atoms with Crippen LogP contribution in [0, 0.1) is 25.7 Å². The molecular weight excluding hydrogens is 761 g/mol. The normalized spacial score (nSPS) is 21.7. The van der Waals surface area contributed by atoms with Crippen LogP contribution in [0.4, 0.5) is 0 Å². The van der Waals surface area contributed by atoms with Gasteiger partial charge in [0.05, 0.1) is 71.2 Å². The molecule has 3 aromatic heterocycles. The number of allylic oxidation sites excluding steroid dienone is 6. The molecule has 0 spiro atoms. The zero-order valence-electron chi connectivity index (χ0n) is 36.2. The molecule has 2 N–H and O–H groups in total. The van der Waals surface area contributed by atoms with E-state index >= 15 is 0 Å². The zero-order valence-corrected chi connectivity index (χ0v) is 36.2. The van der Waals surface area contributed by atoms with Crippen molar-refractivity contribution >= 4 is 57.1 Å². The molecule has 0 fully saturated rings. The summed E-state index contributed by atoms with van der Waals surface area (Å²) >= 11 is 0. The van der Waals surface area contributed by atoms with Gasteiger partial charge in [-0.25, -0.2) is 9.59 Å². The van der Waals surface area contributed by atoms with Gasteiger partial charge in [0.15, 0.2) is 0 Å². The van der Waals surface area contributed by atoms with Crippen molar-refractivity contribution in [3.05, 3.63) is 105 Å². The average molecular weight is 815 g/mol. The number of nitrogens with zero attached hydrogens (tertiary/aromatic N) is 2. The molecular formula is C48H54N4O8. The van der Waals surface area contributed by atoms with Gasteiger partial charge in [-0.15, -0.1) is 0 Å². The highest BCUT2D eigenvalue weighted by Crippen LogP contribution is 2.54. The van der Waals surface area contributed by atoms with Gasteiger partial charge in [-0.1, -0.05) is 38.2 Å². The summed E-state index contributed by atoms with van der Waals surface area (Å²) in [5, 5.41) is 0. The van der Waals surface area contributed by atoms with E-state index in [1.807, 2.05) is 64.1 Å². The van der Waals surface area contributed by atoms with Crippen molar-refractivity contribution in [2.24, 2.45) is 11.8 Å². The Labute approximate surface area is 350 Å². The minimum atomic E-state index is -1.11. The molecule has 4 aliphatic rings. The number of aromatic nitrogens is 4. The number of ether oxygens (including phenoxy) is 4. The van der Waals surface area contributed by atoms with Gasteiger partial charge in [0.25, 0.3) is 0 Å². The van der Waals surface area contributed by atoms with Crippen molar-refractivity contribution in [1.82, 2.24) is 19.9 Å². The number of nitrogens with one attached hydrogen (secondary N) is 2. The Balaban J connectivity index is 1.62. The van der Waals surface area contributed by atoms with Gasteiger partial charge in [-0.2, -0.15) is 0 Å². The van der Waals surface area contributed by atoms with Crippen LogP contribution >= 0.6 is 0 Å². The second kappa shape index (κ2) is 16.2. The van der Waals surface area contributed by atoms with E-state index in [-0.39, 0.29) is 37.6 Å². The first kappa shape index (κ1) is 42.1. The number of hydrogen-bond acceptors (Lipinski definition) is 10. The van der Waals surface area contributed by atoms with E-state index in [9.17, 15) is 19.2 Å². The zero-order chi connectivity index (χ0) is 43.3. The van der Waals surface area contributed by atoms with E-state index < -0.39 is 46.5 Å². The maximum atomic E-state index is 14.1. The van der Waals surface area contributed by atoms with Gasteiger partial charge in [-0.05, 0) is 126 Å². The molecule has 4 unspecified atom stereocenters. The summed E-state index contributed by atoms with van der Waals surface area (Å²) in [5.74, 6) is -4.31. The van der Waals surface area contributed by atoms with Crippen LogP contribution in [0.1, 0.15) is 100 Å². The van der Waals surface area contributed by atoms with Crippen molar-refractivity contribution in [3.63, 3.8) is 0 Å². The highest BCUT2D eigenvalue weighted by atomic mass is 16.5. The number of esters is 4. The lowest BCUT2D eigenvalue weighted by Gasteiger charge is -2.36. The molecule has 8 bridgehead atoms. The highest BCUT2D eigenvalue weighted by Gasteiger charge is 2.55. The summed E-state index contributed by atoms with van der Waals surface area (Å²) in [7, 11) is 0. The lowest BCUT2D eigenvalue weighted by atomic mass is 9.64. The first-order chi connectivity index (χ1) is 28.7. The van der Waals surface area contributed by atoms with Crippen LogP contribution in [-0.2, 0) is 61.8 Å². The summed E-state index contributed by atoms with van der Waals surface area (Å²) in [6.45, 7) is 19.7. The van der Waals surface area contributed by atoms with Gasteiger partial charge in [-0.3, -0.25) is 19.6 Å². The minimum absolute atomic E-state index is 0.133. The minimum Gasteiger partial charge on any atom is -0.465 e. The van der Waals surface area contributed by atoms with Crippen LogP contribution in [0.15, 0.2) is 59.7 Å². The predicted molar refractivity (Wildman–Crippen MR) is 230 cm³/mol. The standard InChI is InChI=1S/C48H54N4O8/c1-11-27-25(7)33-21-37-31-19-17-30(44(54)58-14-4)42(46(56)60-16-6)48(31,10)40(52-37)24-36-28(12-2)26(8)34(50-36)22-38-32-20-18-29(43(53)57-13-3)41(45(55)59-15-5)47(32,9)39(51-38)23-35(27)49-33/h17-24,41-42,49-50H,11-16H2,1-10H3.